The number of carbonyl (C=O) groups excluding carboxylic acids is 1. The Hall–Kier alpha value is -2.58. The van der Waals surface area contributed by atoms with E-state index in [0.29, 0.717) is 18.3 Å². The van der Waals surface area contributed by atoms with Crippen LogP contribution in [0.3, 0.4) is 0 Å². The monoisotopic (exact) mass is 399 g/mol. The van der Waals surface area contributed by atoms with Crippen molar-refractivity contribution in [1.82, 2.24) is 9.97 Å². The normalized spacial score (nSPS) is 12.6. The van der Waals surface area contributed by atoms with E-state index in [0.717, 1.165) is 32.7 Å². The van der Waals surface area contributed by atoms with Gasteiger partial charge >= 0.3 is 0 Å². The topological polar surface area (TPSA) is 73.3 Å². The highest BCUT2D eigenvalue weighted by molar-refractivity contribution is 8.00. The predicted molar refractivity (Wildman–Crippen MR) is 107 cm³/mol. The van der Waals surface area contributed by atoms with Crippen LogP contribution in [-0.4, -0.2) is 34.8 Å². The maximum atomic E-state index is 12.3. The van der Waals surface area contributed by atoms with Crippen molar-refractivity contribution in [2.45, 2.75) is 11.8 Å². The second-order valence-electron chi connectivity index (χ2n) is 5.79. The first-order valence-corrected chi connectivity index (χ1v) is 10.2. The summed E-state index contributed by atoms with van der Waals surface area (Å²) in [5.41, 5.74) is 1.71. The zero-order valence-electron chi connectivity index (χ0n) is 14.6. The van der Waals surface area contributed by atoms with E-state index in [4.69, 9.17) is 9.47 Å². The molecule has 0 saturated carbocycles. The number of nitrogens with one attached hydrogen (secondary N) is 1. The van der Waals surface area contributed by atoms with E-state index in [2.05, 4.69) is 15.3 Å². The summed E-state index contributed by atoms with van der Waals surface area (Å²) >= 11 is 2.87. The Morgan fingerprint density at radius 3 is 2.89 bits per heavy atom. The van der Waals surface area contributed by atoms with Gasteiger partial charge in [0.2, 0.25) is 5.91 Å². The molecule has 0 atom stereocenters. The van der Waals surface area contributed by atoms with Gasteiger partial charge in [-0.2, -0.15) is 0 Å². The molecular weight excluding hydrogens is 382 g/mol. The molecule has 1 aromatic carbocycles. The lowest BCUT2D eigenvalue weighted by molar-refractivity contribution is -0.113. The molecule has 1 aliphatic rings. The first kappa shape index (κ1) is 17.8. The number of thioether (sulfide) groups is 1. The Labute approximate surface area is 165 Å². The van der Waals surface area contributed by atoms with E-state index in [1.165, 1.54) is 23.1 Å². The molecule has 1 amide bonds. The zero-order chi connectivity index (χ0) is 18.6. The average Bonchev–Trinajstić information content (AvgIpc) is 3.07. The minimum Gasteiger partial charge on any atom is -0.486 e. The van der Waals surface area contributed by atoms with E-state index in [1.807, 2.05) is 43.3 Å². The van der Waals surface area contributed by atoms with Gasteiger partial charge in [-0.1, -0.05) is 17.4 Å². The van der Waals surface area contributed by atoms with Gasteiger partial charge in [0.05, 0.1) is 22.0 Å². The fourth-order valence-electron chi connectivity index (χ4n) is 2.60. The molecule has 0 aliphatic carbocycles. The van der Waals surface area contributed by atoms with Crippen molar-refractivity contribution >= 4 is 34.1 Å². The van der Waals surface area contributed by atoms with Gasteiger partial charge in [-0.3, -0.25) is 9.78 Å². The Kier molecular flexibility index (Phi) is 5.26. The quantitative estimate of drug-likeness (QED) is 0.654. The number of nitrogens with zero attached hydrogens (tertiary/aromatic N) is 2. The van der Waals surface area contributed by atoms with Gasteiger partial charge in [0.1, 0.15) is 13.2 Å². The van der Waals surface area contributed by atoms with E-state index < -0.39 is 0 Å². The van der Waals surface area contributed by atoms with Gasteiger partial charge in [0.25, 0.3) is 0 Å². The van der Waals surface area contributed by atoms with Gasteiger partial charge in [0.15, 0.2) is 16.6 Å². The molecule has 4 rings (SSSR count). The number of ether oxygens (including phenoxy) is 2. The summed E-state index contributed by atoms with van der Waals surface area (Å²) in [7, 11) is 0. The fourth-order valence-corrected chi connectivity index (χ4v) is 4.29. The number of fused-ring (bicyclic) bond motifs is 1. The number of carbonyl (C=O) groups is 1. The molecule has 8 heteroatoms. The number of amides is 1. The third kappa shape index (κ3) is 4.23. The number of rotatable bonds is 5. The molecule has 27 heavy (non-hydrogen) atoms. The summed E-state index contributed by atoms with van der Waals surface area (Å²) in [6, 6.07) is 11.4. The predicted octanol–water partition coefficient (Wildman–Crippen LogP) is 4.02. The standard InChI is InChI=1S/C19H17N3O3S2/c1-12-18(14-4-2-3-7-20-14)27-19(21-12)22-17(23)11-26-13-5-6-15-16(10-13)25-9-8-24-15/h2-7,10H,8-9,11H2,1H3,(H,21,22,23). The fraction of sp³-hybridized carbons (Fsp3) is 0.211. The van der Waals surface area contributed by atoms with E-state index >= 15 is 0 Å². The van der Waals surface area contributed by atoms with Crippen LogP contribution in [0.25, 0.3) is 10.6 Å². The van der Waals surface area contributed by atoms with Crippen LogP contribution >= 0.6 is 23.1 Å². The van der Waals surface area contributed by atoms with Crippen molar-refractivity contribution in [2.75, 3.05) is 24.3 Å². The highest BCUT2D eigenvalue weighted by Crippen LogP contribution is 2.34. The molecular formula is C19H17N3O3S2. The molecule has 2 aromatic heterocycles. The highest BCUT2D eigenvalue weighted by atomic mass is 32.2. The maximum absolute atomic E-state index is 12.3. The van der Waals surface area contributed by atoms with Gasteiger partial charge in [-0.15, -0.1) is 11.8 Å². The number of anilines is 1. The van der Waals surface area contributed by atoms with Crippen LogP contribution in [0.2, 0.25) is 0 Å². The van der Waals surface area contributed by atoms with Gasteiger partial charge in [-0.25, -0.2) is 4.98 Å². The number of thiazole rings is 1. The summed E-state index contributed by atoms with van der Waals surface area (Å²) in [6.45, 7) is 3.03. The molecule has 138 valence electrons. The van der Waals surface area contributed by atoms with Crippen molar-refractivity contribution in [3.63, 3.8) is 0 Å². The van der Waals surface area contributed by atoms with Crippen molar-refractivity contribution in [1.29, 1.82) is 0 Å². The molecule has 0 unspecified atom stereocenters. The number of hydrogen-bond donors (Lipinski definition) is 1. The number of aryl methyl sites for hydroxylation is 1. The van der Waals surface area contributed by atoms with Crippen molar-refractivity contribution in [3.05, 3.63) is 48.3 Å². The van der Waals surface area contributed by atoms with Crippen LogP contribution in [-0.2, 0) is 4.79 Å². The van der Waals surface area contributed by atoms with Crippen LogP contribution in [0, 0.1) is 6.92 Å². The van der Waals surface area contributed by atoms with E-state index in [1.54, 1.807) is 6.20 Å². The lowest BCUT2D eigenvalue weighted by Crippen LogP contribution is -2.15. The summed E-state index contributed by atoms with van der Waals surface area (Å²) in [4.78, 5) is 23.0. The molecule has 0 spiro atoms. The first-order valence-electron chi connectivity index (χ1n) is 8.40. The molecule has 0 bridgehead atoms. The van der Waals surface area contributed by atoms with Gasteiger partial charge < -0.3 is 14.8 Å². The van der Waals surface area contributed by atoms with Crippen LogP contribution in [0.15, 0.2) is 47.5 Å². The Bertz CT molecular complexity index is 960. The number of pyridine rings is 1. The minimum atomic E-state index is -0.101. The van der Waals surface area contributed by atoms with Crippen LogP contribution in [0.1, 0.15) is 5.69 Å². The molecule has 1 aliphatic heterocycles. The molecule has 3 heterocycles. The lowest BCUT2D eigenvalue weighted by Gasteiger charge is -2.18. The van der Waals surface area contributed by atoms with Crippen LogP contribution in [0.5, 0.6) is 11.5 Å². The van der Waals surface area contributed by atoms with Crippen molar-refractivity contribution < 1.29 is 14.3 Å². The number of hydrogen-bond acceptors (Lipinski definition) is 7. The SMILES string of the molecule is Cc1nc(NC(=O)CSc2ccc3c(c2)OCCO3)sc1-c1ccccn1. The summed E-state index contributed by atoms with van der Waals surface area (Å²) in [5, 5.41) is 3.45. The third-order valence-electron chi connectivity index (χ3n) is 3.82. The van der Waals surface area contributed by atoms with Crippen molar-refractivity contribution in [3.8, 4) is 22.1 Å². The van der Waals surface area contributed by atoms with Crippen molar-refractivity contribution in [2.24, 2.45) is 0 Å². The minimum absolute atomic E-state index is 0.101. The van der Waals surface area contributed by atoms with Crippen LogP contribution < -0.4 is 14.8 Å². The summed E-state index contributed by atoms with van der Waals surface area (Å²) in [6.07, 6.45) is 1.75. The largest absolute Gasteiger partial charge is 0.486 e. The second kappa shape index (κ2) is 7.98. The Balaban J connectivity index is 1.37. The van der Waals surface area contributed by atoms with E-state index in [9.17, 15) is 4.79 Å². The van der Waals surface area contributed by atoms with Gasteiger partial charge in [0, 0.05) is 11.1 Å². The molecule has 0 saturated heterocycles. The second-order valence-corrected chi connectivity index (χ2v) is 7.84. The van der Waals surface area contributed by atoms with Crippen LogP contribution in [0.4, 0.5) is 5.13 Å². The number of benzene rings is 1. The molecule has 0 radical (unpaired) electrons. The molecule has 3 aromatic rings. The average molecular weight is 399 g/mol. The lowest BCUT2D eigenvalue weighted by atomic mass is 10.3. The summed E-state index contributed by atoms with van der Waals surface area (Å²) in [5.74, 6) is 1.66. The first-order chi connectivity index (χ1) is 13.2. The highest BCUT2D eigenvalue weighted by Gasteiger charge is 2.15. The Morgan fingerprint density at radius 1 is 1.22 bits per heavy atom. The number of aromatic nitrogens is 2. The van der Waals surface area contributed by atoms with Gasteiger partial charge in [-0.05, 0) is 37.3 Å². The third-order valence-corrected chi connectivity index (χ3v) is 5.91. The maximum Gasteiger partial charge on any atom is 0.236 e. The molecule has 6 nitrogen and oxygen atoms in total. The Morgan fingerprint density at radius 2 is 2.07 bits per heavy atom. The smallest absolute Gasteiger partial charge is 0.236 e. The molecule has 1 N–H and O–H groups in total. The van der Waals surface area contributed by atoms with E-state index in [-0.39, 0.29) is 11.7 Å². The summed E-state index contributed by atoms with van der Waals surface area (Å²) < 4.78 is 11.1. The molecule has 0 fully saturated rings. The zero-order valence-corrected chi connectivity index (χ0v) is 16.2.